The molecule has 2 N–H and O–H groups in total. The van der Waals surface area contributed by atoms with Crippen LogP contribution in [0.4, 0.5) is 4.79 Å². The average Bonchev–Trinajstić information content (AvgIpc) is 3.05. The van der Waals surface area contributed by atoms with Crippen molar-refractivity contribution in [2.45, 2.75) is 25.8 Å². The van der Waals surface area contributed by atoms with Crippen LogP contribution in [0.15, 0.2) is 35.7 Å². The average molecular weight is 316 g/mol. The molecule has 0 aliphatic carbocycles. The molecule has 0 spiro atoms. The van der Waals surface area contributed by atoms with Crippen molar-refractivity contribution < 1.29 is 4.79 Å². The Morgan fingerprint density at radius 2 is 1.95 bits per heavy atom. The quantitative estimate of drug-likeness (QED) is 0.853. The third-order valence-electron chi connectivity index (χ3n) is 3.68. The summed E-state index contributed by atoms with van der Waals surface area (Å²) in [6.07, 6.45) is 3.41. The smallest absolute Gasteiger partial charge is 0.324 e. The predicted molar refractivity (Wildman–Crippen MR) is 88.3 cm³/mol. The molecule has 1 saturated heterocycles. The van der Waals surface area contributed by atoms with E-state index in [0.717, 1.165) is 42.2 Å². The van der Waals surface area contributed by atoms with Gasteiger partial charge in [-0.2, -0.15) is 0 Å². The first-order chi connectivity index (χ1) is 10.8. The van der Waals surface area contributed by atoms with Crippen LogP contribution in [0, 0.1) is 0 Å². The van der Waals surface area contributed by atoms with Crippen LogP contribution in [0.25, 0.3) is 10.6 Å². The Bertz CT molecular complexity index is 608. The number of rotatable bonds is 4. The van der Waals surface area contributed by atoms with Gasteiger partial charge in [0.15, 0.2) is 0 Å². The summed E-state index contributed by atoms with van der Waals surface area (Å²) in [6.45, 7) is 2.23. The summed E-state index contributed by atoms with van der Waals surface area (Å²) in [6, 6.07) is 10.1. The van der Waals surface area contributed by atoms with E-state index in [1.165, 1.54) is 6.42 Å². The van der Waals surface area contributed by atoms with Crippen LogP contribution in [0.3, 0.4) is 0 Å². The lowest BCUT2D eigenvalue weighted by atomic mass is 10.1. The highest BCUT2D eigenvalue weighted by Gasteiger charge is 2.15. The van der Waals surface area contributed by atoms with Gasteiger partial charge in [0.25, 0.3) is 0 Å². The number of likely N-dealkylation sites (tertiary alicyclic amines) is 1. The van der Waals surface area contributed by atoms with E-state index in [9.17, 15) is 4.79 Å². The first kappa shape index (κ1) is 15.0. The van der Waals surface area contributed by atoms with E-state index >= 15 is 0 Å². The molecule has 1 aliphatic heterocycles. The summed E-state index contributed by atoms with van der Waals surface area (Å²) in [5.41, 5.74) is 7.77. The van der Waals surface area contributed by atoms with Gasteiger partial charge in [0.05, 0.1) is 12.2 Å². The lowest BCUT2D eigenvalue weighted by Crippen LogP contribution is -2.48. The van der Waals surface area contributed by atoms with Crippen LogP contribution in [0.1, 0.15) is 25.0 Å². The molecule has 0 unspecified atom stereocenters. The summed E-state index contributed by atoms with van der Waals surface area (Å²) < 4.78 is 0. The maximum absolute atomic E-state index is 11.9. The van der Waals surface area contributed by atoms with E-state index in [2.05, 4.69) is 15.8 Å². The number of carbonyl (C=O) groups excluding carboxylic acids is 1. The van der Waals surface area contributed by atoms with Gasteiger partial charge in [-0.25, -0.2) is 15.2 Å². The number of aromatic nitrogens is 1. The number of hydrogen-bond donors (Lipinski definition) is 2. The first-order valence-electron chi connectivity index (χ1n) is 7.60. The lowest BCUT2D eigenvalue weighted by Gasteiger charge is -2.26. The van der Waals surface area contributed by atoms with Crippen LogP contribution in [0.5, 0.6) is 0 Å². The largest absolute Gasteiger partial charge is 0.331 e. The van der Waals surface area contributed by atoms with Gasteiger partial charge in [0, 0.05) is 24.0 Å². The minimum Gasteiger partial charge on any atom is -0.324 e. The van der Waals surface area contributed by atoms with E-state index < -0.39 is 0 Å². The summed E-state index contributed by atoms with van der Waals surface area (Å²) >= 11 is 1.62. The van der Waals surface area contributed by atoms with Gasteiger partial charge in [-0.15, -0.1) is 11.3 Å². The van der Waals surface area contributed by atoms with Crippen LogP contribution < -0.4 is 10.9 Å². The molecule has 2 aromatic rings. The molecule has 0 atom stereocenters. The molecule has 22 heavy (non-hydrogen) atoms. The number of thiazole rings is 1. The number of piperidine rings is 1. The lowest BCUT2D eigenvalue weighted by molar-refractivity contribution is 0.181. The summed E-state index contributed by atoms with van der Waals surface area (Å²) in [7, 11) is 0. The second-order valence-corrected chi connectivity index (χ2v) is 6.20. The van der Waals surface area contributed by atoms with Gasteiger partial charge < -0.3 is 4.90 Å². The molecule has 1 aromatic heterocycles. The molecule has 6 heteroatoms. The number of nitrogens with zero attached hydrogens (tertiary/aromatic N) is 2. The zero-order chi connectivity index (χ0) is 15.2. The SMILES string of the molecule is O=C(NNCc1csc(-c2ccccc2)n1)N1CCCCC1. The molecule has 0 bridgehead atoms. The van der Waals surface area contributed by atoms with Crippen molar-refractivity contribution in [2.24, 2.45) is 0 Å². The van der Waals surface area contributed by atoms with Gasteiger partial charge in [-0.3, -0.25) is 5.43 Å². The Morgan fingerprint density at radius 3 is 2.73 bits per heavy atom. The predicted octanol–water partition coefficient (Wildman–Crippen LogP) is 3.01. The molecular formula is C16H20N4OS. The molecule has 1 aromatic carbocycles. The van der Waals surface area contributed by atoms with Crippen molar-refractivity contribution >= 4 is 17.4 Å². The fraction of sp³-hybridized carbons (Fsp3) is 0.375. The number of hydrazine groups is 1. The van der Waals surface area contributed by atoms with Crippen molar-refractivity contribution in [2.75, 3.05) is 13.1 Å². The molecule has 116 valence electrons. The van der Waals surface area contributed by atoms with Gasteiger partial charge in [-0.05, 0) is 19.3 Å². The molecule has 1 aliphatic rings. The van der Waals surface area contributed by atoms with Crippen LogP contribution >= 0.6 is 11.3 Å². The van der Waals surface area contributed by atoms with Gasteiger partial charge in [0.1, 0.15) is 5.01 Å². The number of hydrogen-bond acceptors (Lipinski definition) is 4. The third kappa shape index (κ3) is 3.84. The maximum atomic E-state index is 11.9. The minimum absolute atomic E-state index is 0.0433. The van der Waals surface area contributed by atoms with Gasteiger partial charge >= 0.3 is 6.03 Å². The van der Waals surface area contributed by atoms with E-state index in [0.29, 0.717) is 6.54 Å². The van der Waals surface area contributed by atoms with Crippen molar-refractivity contribution in [1.82, 2.24) is 20.7 Å². The molecule has 2 heterocycles. The monoisotopic (exact) mass is 316 g/mol. The normalized spacial score (nSPS) is 14.8. The molecule has 0 saturated carbocycles. The Balaban J connectivity index is 1.48. The fourth-order valence-corrected chi connectivity index (χ4v) is 3.31. The van der Waals surface area contributed by atoms with Crippen LogP contribution in [-0.4, -0.2) is 29.0 Å². The molecule has 3 rings (SSSR count). The van der Waals surface area contributed by atoms with Crippen LogP contribution in [-0.2, 0) is 6.54 Å². The summed E-state index contributed by atoms with van der Waals surface area (Å²) in [5, 5.41) is 3.02. The standard InChI is InChI=1S/C16H20N4OS/c21-16(20-9-5-2-6-10-20)19-17-11-14-12-22-15(18-14)13-7-3-1-4-8-13/h1,3-4,7-8,12,17H,2,5-6,9-11H2,(H,19,21). The zero-order valence-electron chi connectivity index (χ0n) is 12.4. The van der Waals surface area contributed by atoms with Crippen molar-refractivity contribution in [3.63, 3.8) is 0 Å². The van der Waals surface area contributed by atoms with E-state index in [1.54, 1.807) is 11.3 Å². The summed E-state index contributed by atoms with van der Waals surface area (Å²) in [5.74, 6) is 0. The second-order valence-electron chi connectivity index (χ2n) is 5.34. The first-order valence-corrected chi connectivity index (χ1v) is 8.48. The van der Waals surface area contributed by atoms with E-state index in [1.807, 2.05) is 40.6 Å². The van der Waals surface area contributed by atoms with E-state index in [4.69, 9.17) is 0 Å². The van der Waals surface area contributed by atoms with Gasteiger partial charge in [-0.1, -0.05) is 30.3 Å². The van der Waals surface area contributed by atoms with Crippen molar-refractivity contribution in [1.29, 1.82) is 0 Å². The highest BCUT2D eigenvalue weighted by molar-refractivity contribution is 7.13. The van der Waals surface area contributed by atoms with Gasteiger partial charge in [0.2, 0.25) is 0 Å². The highest BCUT2D eigenvalue weighted by atomic mass is 32.1. The highest BCUT2D eigenvalue weighted by Crippen LogP contribution is 2.23. The topological polar surface area (TPSA) is 57.3 Å². The molecule has 2 amide bonds. The third-order valence-corrected chi connectivity index (χ3v) is 4.62. The number of nitrogens with one attached hydrogen (secondary N) is 2. The van der Waals surface area contributed by atoms with Crippen molar-refractivity contribution in [3.8, 4) is 10.6 Å². The second kappa shape index (κ2) is 7.38. The number of benzene rings is 1. The minimum atomic E-state index is -0.0433. The maximum Gasteiger partial charge on any atom is 0.331 e. The summed E-state index contributed by atoms with van der Waals surface area (Å²) in [4.78, 5) is 18.4. The zero-order valence-corrected chi connectivity index (χ0v) is 13.2. The Labute approximate surface area is 134 Å². The molecule has 5 nitrogen and oxygen atoms in total. The number of urea groups is 1. The van der Waals surface area contributed by atoms with Crippen molar-refractivity contribution in [3.05, 3.63) is 41.4 Å². The number of amides is 2. The molecule has 0 radical (unpaired) electrons. The Kier molecular flexibility index (Phi) is 5.03. The Morgan fingerprint density at radius 1 is 1.18 bits per heavy atom. The molecule has 1 fully saturated rings. The van der Waals surface area contributed by atoms with Crippen LogP contribution in [0.2, 0.25) is 0 Å². The fourth-order valence-electron chi connectivity index (χ4n) is 2.49. The number of carbonyl (C=O) groups is 1. The Hall–Kier alpha value is -1.92. The molecular weight excluding hydrogens is 296 g/mol. The van der Waals surface area contributed by atoms with E-state index in [-0.39, 0.29) is 6.03 Å².